The topological polar surface area (TPSA) is 50.2 Å². The van der Waals surface area contributed by atoms with Crippen LogP contribution in [0.3, 0.4) is 0 Å². The summed E-state index contributed by atoms with van der Waals surface area (Å²) in [6.07, 6.45) is 1.61. The number of aryl methyl sites for hydroxylation is 1. The smallest absolute Gasteiger partial charge is 0.277 e. The van der Waals surface area contributed by atoms with Crippen LogP contribution in [0.1, 0.15) is 10.5 Å². The average Bonchev–Trinajstić information content (AvgIpc) is 2.44. The Morgan fingerprint density at radius 3 is 2.92 bits per heavy atom. The van der Waals surface area contributed by atoms with E-state index in [1.54, 1.807) is 22.8 Å². The summed E-state index contributed by atoms with van der Waals surface area (Å²) < 4.78 is 1.69. The van der Waals surface area contributed by atoms with Gasteiger partial charge in [0.15, 0.2) is 11.5 Å². The Kier molecular flexibility index (Phi) is 1.42. The van der Waals surface area contributed by atoms with Crippen molar-refractivity contribution in [3.8, 4) is 0 Å². The molecule has 13 heavy (non-hydrogen) atoms. The van der Waals surface area contributed by atoms with Crippen molar-refractivity contribution in [3.63, 3.8) is 0 Å². The Bertz CT molecular complexity index is 393. The van der Waals surface area contributed by atoms with E-state index >= 15 is 0 Å². The van der Waals surface area contributed by atoms with E-state index in [4.69, 9.17) is 0 Å². The van der Waals surface area contributed by atoms with Crippen LogP contribution in [0, 0.1) is 0 Å². The molecule has 0 spiro atoms. The third-order valence-corrected chi connectivity index (χ3v) is 2.11. The number of amides is 1. The number of nitrogens with zero attached hydrogens (tertiary/aromatic N) is 3. The molecule has 5 nitrogen and oxygen atoms in total. The van der Waals surface area contributed by atoms with Crippen molar-refractivity contribution in [2.24, 2.45) is 7.05 Å². The maximum Gasteiger partial charge on any atom is 0.277 e. The number of rotatable bonds is 0. The number of imidazole rings is 1. The Labute approximate surface area is 75.7 Å². The quantitative estimate of drug-likeness (QED) is 0.611. The maximum absolute atomic E-state index is 11.5. The largest absolute Gasteiger partial charge is 0.328 e. The molecule has 1 aliphatic heterocycles. The molecular formula is C8H10N4O. The maximum atomic E-state index is 11.5. The molecule has 0 unspecified atom stereocenters. The van der Waals surface area contributed by atoms with E-state index in [0.717, 1.165) is 0 Å². The molecule has 2 heterocycles. The van der Waals surface area contributed by atoms with Crippen molar-refractivity contribution in [2.75, 3.05) is 11.9 Å². The lowest BCUT2D eigenvalue weighted by atomic mass is 10.3. The highest BCUT2D eigenvalue weighted by Gasteiger charge is 2.27. The summed E-state index contributed by atoms with van der Waals surface area (Å²) in [6, 6.07) is 0. The zero-order valence-electron chi connectivity index (χ0n) is 7.53. The minimum absolute atomic E-state index is 0.155. The van der Waals surface area contributed by atoms with Gasteiger partial charge in [0, 0.05) is 14.1 Å². The van der Waals surface area contributed by atoms with E-state index in [9.17, 15) is 4.79 Å². The van der Waals surface area contributed by atoms with Gasteiger partial charge < -0.3 is 14.8 Å². The number of nitrogens with one attached hydrogen (secondary N) is 1. The van der Waals surface area contributed by atoms with E-state index in [2.05, 4.69) is 16.9 Å². The predicted octanol–water partition coefficient (Wildman–Crippen LogP) is 0.0709. The molecule has 0 saturated heterocycles. The molecule has 2 rings (SSSR count). The lowest BCUT2D eigenvalue weighted by Gasteiger charge is -2.25. The zero-order chi connectivity index (χ0) is 9.59. The van der Waals surface area contributed by atoms with Crippen LogP contribution in [0.2, 0.25) is 0 Å². The van der Waals surface area contributed by atoms with E-state index in [0.29, 0.717) is 17.3 Å². The lowest BCUT2D eigenvalue weighted by molar-refractivity contribution is 0.0953. The monoisotopic (exact) mass is 178 g/mol. The van der Waals surface area contributed by atoms with E-state index in [1.807, 2.05) is 7.05 Å². The van der Waals surface area contributed by atoms with Gasteiger partial charge in [-0.1, -0.05) is 6.58 Å². The van der Waals surface area contributed by atoms with Crippen LogP contribution in [0.25, 0.3) is 0 Å². The van der Waals surface area contributed by atoms with Gasteiger partial charge in [-0.3, -0.25) is 4.79 Å². The molecular weight excluding hydrogens is 168 g/mol. The van der Waals surface area contributed by atoms with Crippen molar-refractivity contribution in [3.05, 3.63) is 24.4 Å². The van der Waals surface area contributed by atoms with Gasteiger partial charge in [-0.25, -0.2) is 4.98 Å². The summed E-state index contributed by atoms with van der Waals surface area (Å²) in [5.74, 6) is 1.05. The van der Waals surface area contributed by atoms with Gasteiger partial charge >= 0.3 is 0 Å². The summed E-state index contributed by atoms with van der Waals surface area (Å²) in [6.45, 7) is 3.70. The molecule has 0 aromatic carbocycles. The molecule has 0 saturated carbocycles. The fourth-order valence-electron chi connectivity index (χ4n) is 1.33. The van der Waals surface area contributed by atoms with Crippen LogP contribution < -0.4 is 10.2 Å². The first-order valence-corrected chi connectivity index (χ1v) is 3.86. The van der Waals surface area contributed by atoms with Crippen LogP contribution in [0.4, 0.5) is 5.82 Å². The number of carbonyl (C=O) groups excluding carboxylic acids is 1. The van der Waals surface area contributed by atoms with Crippen LogP contribution in [0.5, 0.6) is 0 Å². The van der Waals surface area contributed by atoms with Gasteiger partial charge in [-0.05, 0) is 0 Å². The van der Waals surface area contributed by atoms with Crippen LogP contribution in [0.15, 0.2) is 18.7 Å². The summed E-state index contributed by atoms with van der Waals surface area (Å²) >= 11 is 0. The second-order valence-corrected chi connectivity index (χ2v) is 2.99. The summed E-state index contributed by atoms with van der Waals surface area (Å²) in [4.78, 5) is 17.3. The second-order valence-electron chi connectivity index (χ2n) is 2.99. The second kappa shape index (κ2) is 2.35. The van der Waals surface area contributed by atoms with Crippen molar-refractivity contribution in [1.82, 2.24) is 14.9 Å². The number of hydrogen-bond acceptors (Lipinski definition) is 3. The molecule has 5 heteroatoms. The minimum atomic E-state index is -0.155. The van der Waals surface area contributed by atoms with Crippen molar-refractivity contribution in [1.29, 1.82) is 0 Å². The minimum Gasteiger partial charge on any atom is -0.328 e. The SMILES string of the molecule is C=C1NC(=O)c2c(ncn2C)N1C. The fourth-order valence-corrected chi connectivity index (χ4v) is 1.33. The first-order chi connectivity index (χ1) is 6.11. The highest BCUT2D eigenvalue weighted by Crippen LogP contribution is 2.22. The Morgan fingerprint density at radius 1 is 1.54 bits per heavy atom. The van der Waals surface area contributed by atoms with Gasteiger partial charge in [-0.15, -0.1) is 0 Å². The van der Waals surface area contributed by atoms with Gasteiger partial charge in [0.05, 0.1) is 6.33 Å². The lowest BCUT2D eigenvalue weighted by Crippen LogP contribution is -2.39. The molecule has 0 fully saturated rings. The molecule has 1 amide bonds. The number of aromatic nitrogens is 2. The molecule has 68 valence electrons. The molecule has 0 radical (unpaired) electrons. The van der Waals surface area contributed by atoms with E-state index in [1.165, 1.54) is 0 Å². The molecule has 0 aliphatic carbocycles. The van der Waals surface area contributed by atoms with Crippen molar-refractivity contribution >= 4 is 11.7 Å². The molecule has 1 aromatic heterocycles. The Morgan fingerprint density at radius 2 is 2.23 bits per heavy atom. The van der Waals surface area contributed by atoms with Crippen LogP contribution >= 0.6 is 0 Å². The summed E-state index contributed by atoms with van der Waals surface area (Å²) in [5, 5.41) is 2.64. The highest BCUT2D eigenvalue weighted by molar-refractivity contribution is 6.01. The van der Waals surface area contributed by atoms with Gasteiger partial charge in [-0.2, -0.15) is 0 Å². The first-order valence-electron chi connectivity index (χ1n) is 3.86. The van der Waals surface area contributed by atoms with Gasteiger partial charge in [0.25, 0.3) is 5.91 Å². The number of fused-ring (bicyclic) bond motifs is 1. The number of hydrogen-bond donors (Lipinski definition) is 1. The van der Waals surface area contributed by atoms with Crippen molar-refractivity contribution < 1.29 is 4.79 Å². The Hall–Kier alpha value is -1.78. The third-order valence-electron chi connectivity index (χ3n) is 2.11. The van der Waals surface area contributed by atoms with Gasteiger partial charge in [0.2, 0.25) is 0 Å². The van der Waals surface area contributed by atoms with Crippen molar-refractivity contribution in [2.45, 2.75) is 0 Å². The zero-order valence-corrected chi connectivity index (χ0v) is 7.53. The Balaban J connectivity index is 2.62. The third kappa shape index (κ3) is 0.932. The van der Waals surface area contributed by atoms with Crippen LogP contribution in [-0.2, 0) is 7.05 Å². The fraction of sp³-hybridized carbons (Fsp3) is 0.250. The van der Waals surface area contributed by atoms with E-state index in [-0.39, 0.29) is 5.91 Å². The van der Waals surface area contributed by atoms with Crippen LogP contribution in [-0.4, -0.2) is 22.5 Å². The standard InChI is InChI=1S/C8H10N4O/c1-5-10-8(13)6-7(12(5)3)9-4-11(6)2/h4H,1H2,2-3H3,(H,10,13). The molecule has 1 N–H and O–H groups in total. The first kappa shape index (κ1) is 7.85. The summed E-state index contributed by atoms with van der Waals surface area (Å²) in [7, 11) is 3.60. The molecule has 1 aromatic rings. The average molecular weight is 178 g/mol. The molecule has 0 atom stereocenters. The normalized spacial score (nSPS) is 15.7. The van der Waals surface area contributed by atoms with Gasteiger partial charge in [0.1, 0.15) is 5.82 Å². The molecule has 1 aliphatic rings. The number of carbonyl (C=O) groups is 1. The highest BCUT2D eigenvalue weighted by atomic mass is 16.2. The van der Waals surface area contributed by atoms with E-state index < -0.39 is 0 Å². The predicted molar refractivity (Wildman–Crippen MR) is 48.2 cm³/mol. The molecule has 0 bridgehead atoms. The summed E-state index contributed by atoms with van der Waals surface area (Å²) in [5.41, 5.74) is 0.565. The number of anilines is 1.